The van der Waals surface area contributed by atoms with Gasteiger partial charge in [-0.3, -0.25) is 0 Å². The molecule has 0 saturated heterocycles. The topological polar surface area (TPSA) is 64.6 Å². The van der Waals surface area contributed by atoms with Crippen molar-refractivity contribution in [2.75, 3.05) is 14.2 Å². The van der Waals surface area contributed by atoms with E-state index in [0.717, 1.165) is 15.1 Å². The fourth-order valence-electron chi connectivity index (χ4n) is 1.97. The number of rotatable bonds is 6. The Morgan fingerprint density at radius 1 is 1.18 bits per heavy atom. The highest BCUT2D eigenvalue weighted by molar-refractivity contribution is 9.11. The van der Waals surface area contributed by atoms with Crippen LogP contribution in [0.2, 0.25) is 0 Å². The van der Waals surface area contributed by atoms with E-state index < -0.39 is 16.1 Å². The molecule has 1 N–H and O–H groups in total. The zero-order chi connectivity index (χ0) is 16.3. The molecule has 22 heavy (non-hydrogen) atoms. The van der Waals surface area contributed by atoms with E-state index in [2.05, 4.69) is 20.7 Å². The summed E-state index contributed by atoms with van der Waals surface area (Å²) in [5, 5.41) is 0. The van der Waals surface area contributed by atoms with Gasteiger partial charge in [0.1, 0.15) is 15.7 Å². The Morgan fingerprint density at radius 2 is 1.91 bits per heavy atom. The van der Waals surface area contributed by atoms with Crippen LogP contribution in [0.1, 0.15) is 18.5 Å². The summed E-state index contributed by atoms with van der Waals surface area (Å²) in [6.45, 7) is 1.76. The molecular formula is C14H16BrNO4S2. The van der Waals surface area contributed by atoms with Gasteiger partial charge in [-0.15, -0.1) is 11.3 Å². The van der Waals surface area contributed by atoms with Gasteiger partial charge in [0.25, 0.3) is 10.0 Å². The molecule has 0 aliphatic rings. The number of ether oxygens (including phenoxy) is 2. The number of nitrogens with one attached hydrogen (secondary N) is 1. The van der Waals surface area contributed by atoms with Crippen molar-refractivity contribution < 1.29 is 17.9 Å². The Hall–Kier alpha value is -1.09. The lowest BCUT2D eigenvalue weighted by Crippen LogP contribution is -2.26. The molecule has 0 amide bonds. The molecule has 1 heterocycles. The van der Waals surface area contributed by atoms with Gasteiger partial charge in [-0.1, -0.05) is 0 Å². The van der Waals surface area contributed by atoms with Crippen LogP contribution in [0.5, 0.6) is 11.5 Å². The lowest BCUT2D eigenvalue weighted by atomic mass is 10.1. The van der Waals surface area contributed by atoms with E-state index in [1.54, 1.807) is 51.5 Å². The summed E-state index contributed by atoms with van der Waals surface area (Å²) in [6.07, 6.45) is 0. The van der Waals surface area contributed by atoms with Crippen LogP contribution in [0.3, 0.4) is 0 Å². The molecule has 0 aliphatic carbocycles. The molecule has 0 bridgehead atoms. The third kappa shape index (κ3) is 3.81. The summed E-state index contributed by atoms with van der Waals surface area (Å²) < 4.78 is 38.9. The molecule has 120 valence electrons. The number of methoxy groups -OCH3 is 2. The van der Waals surface area contributed by atoms with Gasteiger partial charge in [0.2, 0.25) is 0 Å². The quantitative estimate of drug-likeness (QED) is 0.797. The summed E-state index contributed by atoms with van der Waals surface area (Å²) >= 11 is 4.43. The van der Waals surface area contributed by atoms with Crippen molar-refractivity contribution in [1.29, 1.82) is 0 Å². The highest BCUT2D eigenvalue weighted by Gasteiger charge is 2.22. The minimum absolute atomic E-state index is 0.257. The van der Waals surface area contributed by atoms with Gasteiger partial charge in [-0.25, -0.2) is 13.1 Å². The van der Waals surface area contributed by atoms with Crippen LogP contribution in [0.15, 0.2) is 38.3 Å². The summed E-state index contributed by atoms with van der Waals surface area (Å²) in [6, 6.07) is 8.08. The van der Waals surface area contributed by atoms with Crippen LogP contribution >= 0.6 is 27.3 Å². The van der Waals surface area contributed by atoms with Crippen molar-refractivity contribution in [2.24, 2.45) is 0 Å². The number of sulfonamides is 1. The van der Waals surface area contributed by atoms with E-state index in [0.29, 0.717) is 17.1 Å². The monoisotopic (exact) mass is 405 g/mol. The van der Waals surface area contributed by atoms with Gasteiger partial charge in [-0.2, -0.15) is 0 Å². The van der Waals surface area contributed by atoms with Gasteiger partial charge < -0.3 is 9.47 Å². The third-order valence-electron chi connectivity index (χ3n) is 3.05. The van der Waals surface area contributed by atoms with Crippen LogP contribution in [-0.4, -0.2) is 22.6 Å². The lowest BCUT2D eigenvalue weighted by Gasteiger charge is -2.17. The second-order valence-electron chi connectivity index (χ2n) is 4.51. The van der Waals surface area contributed by atoms with E-state index in [9.17, 15) is 8.42 Å². The molecule has 2 rings (SSSR count). The fourth-order valence-corrected chi connectivity index (χ4v) is 5.22. The maximum absolute atomic E-state index is 12.4. The normalized spacial score (nSPS) is 12.9. The maximum atomic E-state index is 12.4. The molecule has 0 saturated carbocycles. The Labute approximate surface area is 142 Å². The number of benzene rings is 1. The van der Waals surface area contributed by atoms with E-state index in [4.69, 9.17) is 9.47 Å². The number of thiophene rings is 1. The van der Waals surface area contributed by atoms with Crippen molar-refractivity contribution in [3.8, 4) is 11.5 Å². The molecule has 1 atom stereocenters. The van der Waals surface area contributed by atoms with E-state index in [-0.39, 0.29) is 4.21 Å². The van der Waals surface area contributed by atoms with Gasteiger partial charge in [0.05, 0.1) is 18.0 Å². The second-order valence-corrected chi connectivity index (χ2v) is 8.91. The Morgan fingerprint density at radius 3 is 2.45 bits per heavy atom. The van der Waals surface area contributed by atoms with Crippen LogP contribution in [0, 0.1) is 0 Å². The first-order valence-electron chi connectivity index (χ1n) is 6.37. The molecule has 0 spiro atoms. The van der Waals surface area contributed by atoms with Crippen molar-refractivity contribution in [3.05, 3.63) is 39.7 Å². The van der Waals surface area contributed by atoms with Crippen LogP contribution in [0.25, 0.3) is 0 Å². The van der Waals surface area contributed by atoms with Gasteiger partial charge >= 0.3 is 0 Å². The molecule has 2 aromatic rings. The average Bonchev–Trinajstić information content (AvgIpc) is 2.93. The SMILES string of the molecule is COc1ccc(OC)c([C@@H](C)NS(=O)(=O)c2ccc(Br)s2)c1. The van der Waals surface area contributed by atoms with Crippen molar-refractivity contribution in [2.45, 2.75) is 17.2 Å². The molecular weight excluding hydrogens is 390 g/mol. The Bertz CT molecular complexity index is 758. The molecule has 0 radical (unpaired) electrons. The Balaban J connectivity index is 2.30. The molecule has 1 aromatic heterocycles. The van der Waals surface area contributed by atoms with Gasteiger partial charge in [0, 0.05) is 11.6 Å². The first kappa shape index (κ1) is 17.3. The lowest BCUT2D eigenvalue weighted by molar-refractivity contribution is 0.395. The summed E-state index contributed by atoms with van der Waals surface area (Å²) in [5.74, 6) is 1.24. The molecule has 1 aromatic carbocycles. The first-order chi connectivity index (χ1) is 10.4. The zero-order valence-electron chi connectivity index (χ0n) is 12.3. The number of hydrogen-bond acceptors (Lipinski definition) is 5. The maximum Gasteiger partial charge on any atom is 0.250 e. The number of halogens is 1. The zero-order valence-corrected chi connectivity index (χ0v) is 15.5. The van der Waals surface area contributed by atoms with Crippen molar-refractivity contribution >= 4 is 37.3 Å². The summed E-state index contributed by atoms with van der Waals surface area (Å²) in [5.41, 5.74) is 0.709. The fraction of sp³-hybridized carbons (Fsp3) is 0.286. The largest absolute Gasteiger partial charge is 0.497 e. The van der Waals surface area contributed by atoms with E-state index in [1.165, 1.54) is 0 Å². The Kier molecular flexibility index (Phi) is 5.49. The van der Waals surface area contributed by atoms with E-state index >= 15 is 0 Å². The summed E-state index contributed by atoms with van der Waals surface area (Å²) in [7, 11) is -0.486. The van der Waals surface area contributed by atoms with Crippen molar-refractivity contribution in [3.63, 3.8) is 0 Å². The molecule has 0 aliphatic heterocycles. The molecule has 0 unspecified atom stereocenters. The predicted octanol–water partition coefficient (Wildman–Crippen LogP) is 3.57. The first-order valence-corrected chi connectivity index (χ1v) is 9.46. The summed E-state index contributed by atoms with van der Waals surface area (Å²) in [4.78, 5) is 0. The number of hydrogen-bond donors (Lipinski definition) is 1. The van der Waals surface area contributed by atoms with Crippen molar-refractivity contribution in [1.82, 2.24) is 4.72 Å². The van der Waals surface area contributed by atoms with Crippen LogP contribution < -0.4 is 14.2 Å². The third-order valence-corrected chi connectivity index (χ3v) is 6.70. The minimum atomic E-state index is -3.59. The smallest absolute Gasteiger partial charge is 0.250 e. The highest BCUT2D eigenvalue weighted by atomic mass is 79.9. The standard InChI is InChI=1S/C14H16BrNO4S2/c1-9(11-8-10(19-2)4-5-12(11)20-3)16-22(17,18)14-7-6-13(15)21-14/h4-9,16H,1-3H3/t9-/m1/s1. The molecule has 8 heteroatoms. The van der Waals surface area contributed by atoms with Gasteiger partial charge in [0.15, 0.2) is 0 Å². The molecule has 5 nitrogen and oxygen atoms in total. The molecule has 0 fully saturated rings. The average molecular weight is 406 g/mol. The predicted molar refractivity (Wildman–Crippen MR) is 90.3 cm³/mol. The highest BCUT2D eigenvalue weighted by Crippen LogP contribution is 2.31. The van der Waals surface area contributed by atoms with Crippen LogP contribution in [-0.2, 0) is 10.0 Å². The minimum Gasteiger partial charge on any atom is -0.497 e. The van der Waals surface area contributed by atoms with Gasteiger partial charge in [-0.05, 0) is 53.2 Å². The second kappa shape index (κ2) is 6.99. The van der Waals surface area contributed by atoms with E-state index in [1.807, 2.05) is 0 Å². The van der Waals surface area contributed by atoms with Crippen LogP contribution in [0.4, 0.5) is 0 Å².